The average Bonchev–Trinajstić information content (AvgIpc) is 2.41. The Hall–Kier alpha value is -1.98. The fourth-order valence-electron chi connectivity index (χ4n) is 1.44. The van der Waals surface area contributed by atoms with Gasteiger partial charge in [0, 0.05) is 10.7 Å². The summed E-state index contributed by atoms with van der Waals surface area (Å²) in [5.41, 5.74) is 4.21. The molecule has 0 atom stereocenters. The zero-order valence-electron chi connectivity index (χ0n) is 10.3. The molecule has 0 saturated carbocycles. The van der Waals surface area contributed by atoms with Crippen LogP contribution in [0.3, 0.4) is 0 Å². The Morgan fingerprint density at radius 3 is 2.65 bits per heavy atom. The lowest BCUT2D eigenvalue weighted by atomic mass is 10.2. The Morgan fingerprint density at radius 1 is 1.20 bits per heavy atom. The highest BCUT2D eigenvalue weighted by Gasteiger charge is 1.96. The molecule has 0 fully saturated rings. The second kappa shape index (κ2) is 6.98. The summed E-state index contributed by atoms with van der Waals surface area (Å²) in [7, 11) is 0. The monoisotopic (exact) mass is 307 g/mol. The fraction of sp³-hybridized carbons (Fsp3) is 0. The molecule has 0 saturated heterocycles. The highest BCUT2D eigenvalue weighted by molar-refractivity contribution is 7.80. The van der Waals surface area contributed by atoms with E-state index in [9.17, 15) is 4.39 Å². The molecule has 2 aromatic rings. The largest absolute Gasteiger partial charge is 0.331 e. The summed E-state index contributed by atoms with van der Waals surface area (Å²) in [6, 6.07) is 13.1. The van der Waals surface area contributed by atoms with Crippen molar-refractivity contribution in [3.8, 4) is 0 Å². The molecule has 0 aliphatic rings. The minimum Gasteiger partial charge on any atom is -0.331 e. The molecule has 0 amide bonds. The van der Waals surface area contributed by atoms with E-state index in [1.165, 1.54) is 12.1 Å². The van der Waals surface area contributed by atoms with Crippen LogP contribution in [0.1, 0.15) is 5.56 Å². The first-order valence-corrected chi connectivity index (χ1v) is 6.53. The first-order chi connectivity index (χ1) is 9.63. The Kier molecular flexibility index (Phi) is 5.03. The summed E-state index contributed by atoms with van der Waals surface area (Å²) in [6.07, 6.45) is 1.60. The van der Waals surface area contributed by atoms with Gasteiger partial charge in [-0.3, -0.25) is 5.43 Å². The number of hydrogen-bond acceptors (Lipinski definition) is 2. The zero-order chi connectivity index (χ0) is 14.4. The molecule has 0 heterocycles. The SMILES string of the molecule is Fc1ccc(NC(=S)NN=Cc2cccc(Cl)c2)cc1. The maximum atomic E-state index is 12.7. The van der Waals surface area contributed by atoms with Crippen molar-refractivity contribution in [3.05, 3.63) is 64.9 Å². The molecule has 20 heavy (non-hydrogen) atoms. The molecule has 0 aliphatic carbocycles. The minimum atomic E-state index is -0.298. The van der Waals surface area contributed by atoms with Crippen LogP contribution in [0.25, 0.3) is 0 Å². The van der Waals surface area contributed by atoms with E-state index in [2.05, 4.69) is 15.8 Å². The van der Waals surface area contributed by atoms with Gasteiger partial charge in [-0.25, -0.2) is 4.39 Å². The highest BCUT2D eigenvalue weighted by atomic mass is 35.5. The molecule has 2 aromatic carbocycles. The quantitative estimate of drug-likeness (QED) is 0.514. The minimum absolute atomic E-state index is 0.298. The zero-order valence-corrected chi connectivity index (χ0v) is 11.9. The molecule has 102 valence electrons. The molecular weight excluding hydrogens is 297 g/mol. The van der Waals surface area contributed by atoms with Crippen LogP contribution >= 0.6 is 23.8 Å². The van der Waals surface area contributed by atoms with Crippen LogP contribution in [-0.2, 0) is 0 Å². The van der Waals surface area contributed by atoms with Crippen molar-refractivity contribution >= 4 is 40.8 Å². The molecule has 2 N–H and O–H groups in total. The van der Waals surface area contributed by atoms with Crippen molar-refractivity contribution in [1.82, 2.24) is 5.43 Å². The molecule has 0 unspecified atom stereocenters. The van der Waals surface area contributed by atoms with E-state index in [1.807, 2.05) is 12.1 Å². The second-order valence-corrected chi connectivity index (χ2v) is 4.73. The van der Waals surface area contributed by atoms with Gasteiger partial charge in [0.25, 0.3) is 0 Å². The summed E-state index contributed by atoms with van der Waals surface area (Å²) in [4.78, 5) is 0. The van der Waals surface area contributed by atoms with Gasteiger partial charge in [-0.1, -0.05) is 23.7 Å². The van der Waals surface area contributed by atoms with Crippen LogP contribution in [0.15, 0.2) is 53.6 Å². The van der Waals surface area contributed by atoms with Crippen LogP contribution in [0.2, 0.25) is 5.02 Å². The highest BCUT2D eigenvalue weighted by Crippen LogP contribution is 2.09. The van der Waals surface area contributed by atoms with Crippen LogP contribution in [0.4, 0.5) is 10.1 Å². The molecule has 3 nitrogen and oxygen atoms in total. The number of rotatable bonds is 3. The van der Waals surface area contributed by atoms with Gasteiger partial charge in [-0.15, -0.1) is 0 Å². The fourth-order valence-corrected chi connectivity index (χ4v) is 1.81. The third-order valence-electron chi connectivity index (χ3n) is 2.33. The number of benzene rings is 2. The topological polar surface area (TPSA) is 36.4 Å². The normalized spacial score (nSPS) is 10.5. The number of halogens is 2. The lowest BCUT2D eigenvalue weighted by molar-refractivity contribution is 0.628. The maximum absolute atomic E-state index is 12.7. The summed E-state index contributed by atoms with van der Waals surface area (Å²) in [6.45, 7) is 0. The van der Waals surface area contributed by atoms with Gasteiger partial charge in [0.1, 0.15) is 5.82 Å². The van der Waals surface area contributed by atoms with Gasteiger partial charge >= 0.3 is 0 Å². The van der Waals surface area contributed by atoms with Gasteiger partial charge in [0.15, 0.2) is 5.11 Å². The van der Waals surface area contributed by atoms with E-state index < -0.39 is 0 Å². The summed E-state index contributed by atoms with van der Waals surface area (Å²) in [5, 5.41) is 7.82. The van der Waals surface area contributed by atoms with E-state index in [-0.39, 0.29) is 5.82 Å². The lowest BCUT2D eigenvalue weighted by Crippen LogP contribution is -2.23. The first kappa shape index (κ1) is 14.4. The van der Waals surface area contributed by atoms with Gasteiger partial charge in [-0.2, -0.15) is 5.10 Å². The van der Waals surface area contributed by atoms with E-state index >= 15 is 0 Å². The molecule has 0 spiro atoms. The van der Waals surface area contributed by atoms with Crippen molar-refractivity contribution in [1.29, 1.82) is 0 Å². The van der Waals surface area contributed by atoms with Crippen LogP contribution in [-0.4, -0.2) is 11.3 Å². The second-order valence-electron chi connectivity index (χ2n) is 3.89. The molecule has 6 heteroatoms. The Balaban J connectivity index is 1.87. The van der Waals surface area contributed by atoms with E-state index in [4.69, 9.17) is 23.8 Å². The van der Waals surface area contributed by atoms with Gasteiger partial charge in [0.2, 0.25) is 0 Å². The average molecular weight is 308 g/mol. The first-order valence-electron chi connectivity index (χ1n) is 5.75. The van der Waals surface area contributed by atoms with E-state index in [0.29, 0.717) is 15.8 Å². The summed E-state index contributed by atoms with van der Waals surface area (Å²) in [5.74, 6) is -0.298. The number of hydrazone groups is 1. The van der Waals surface area contributed by atoms with Gasteiger partial charge < -0.3 is 5.32 Å². The van der Waals surface area contributed by atoms with Crippen LogP contribution in [0.5, 0.6) is 0 Å². The van der Waals surface area contributed by atoms with Crippen LogP contribution in [0, 0.1) is 5.82 Å². The van der Waals surface area contributed by atoms with Crippen LogP contribution < -0.4 is 10.7 Å². The molecule has 0 aliphatic heterocycles. The summed E-state index contributed by atoms with van der Waals surface area (Å²) < 4.78 is 12.7. The lowest BCUT2D eigenvalue weighted by Gasteiger charge is -2.06. The Morgan fingerprint density at radius 2 is 1.95 bits per heavy atom. The molecule has 0 aromatic heterocycles. The van der Waals surface area contributed by atoms with E-state index in [1.54, 1.807) is 30.5 Å². The number of thiocarbonyl (C=S) groups is 1. The van der Waals surface area contributed by atoms with Crippen molar-refractivity contribution < 1.29 is 4.39 Å². The number of anilines is 1. The third-order valence-corrected chi connectivity index (χ3v) is 2.76. The molecular formula is C14H11ClFN3S. The molecule has 0 radical (unpaired) electrons. The standard InChI is InChI=1S/C14H11ClFN3S/c15-11-3-1-2-10(8-11)9-17-19-14(20)18-13-6-4-12(16)5-7-13/h1-9H,(H2,18,19,20). The summed E-state index contributed by atoms with van der Waals surface area (Å²) >= 11 is 10.9. The van der Waals surface area contributed by atoms with Crippen molar-refractivity contribution in [3.63, 3.8) is 0 Å². The molecule has 0 bridgehead atoms. The third kappa shape index (κ3) is 4.60. The van der Waals surface area contributed by atoms with Gasteiger partial charge in [0.05, 0.1) is 6.21 Å². The number of nitrogens with zero attached hydrogens (tertiary/aromatic N) is 1. The molecule has 2 rings (SSSR count). The smallest absolute Gasteiger partial charge is 0.191 e. The number of hydrogen-bond donors (Lipinski definition) is 2. The van der Waals surface area contributed by atoms with E-state index in [0.717, 1.165) is 5.56 Å². The number of nitrogens with one attached hydrogen (secondary N) is 2. The predicted octanol–water partition coefficient (Wildman–Crippen LogP) is 3.80. The van der Waals surface area contributed by atoms with Crippen molar-refractivity contribution in [2.45, 2.75) is 0 Å². The Bertz CT molecular complexity index is 629. The van der Waals surface area contributed by atoms with Gasteiger partial charge in [-0.05, 0) is 54.2 Å². The Labute approximate surface area is 126 Å². The van der Waals surface area contributed by atoms with Crippen molar-refractivity contribution in [2.24, 2.45) is 5.10 Å². The maximum Gasteiger partial charge on any atom is 0.191 e. The predicted molar refractivity (Wildman–Crippen MR) is 84.8 cm³/mol. The van der Waals surface area contributed by atoms with Crippen molar-refractivity contribution in [2.75, 3.05) is 5.32 Å².